The topological polar surface area (TPSA) is 33.1 Å². The first kappa shape index (κ1) is 44.0. The Hall–Kier alpha value is -4.14. The van der Waals surface area contributed by atoms with Gasteiger partial charge in [0.15, 0.2) is 0 Å². The maximum Gasteiger partial charge on any atom is 3.00 e. The molecule has 2 nitrogen and oxygen atoms in total. The second-order valence-electron chi connectivity index (χ2n) is 13.9. The summed E-state index contributed by atoms with van der Waals surface area (Å²) >= 11 is 0. The molecule has 1 N–H and O–H groups in total. The van der Waals surface area contributed by atoms with E-state index in [2.05, 4.69) is 42.1 Å². The number of phenolic OH excluding ortho intramolecular Hbond substituents is 1. The Morgan fingerprint density at radius 2 is 1.08 bits per heavy atom. The first-order valence-electron chi connectivity index (χ1n) is 16.4. The summed E-state index contributed by atoms with van der Waals surface area (Å²) in [6.07, 6.45) is -5.84. The van der Waals surface area contributed by atoms with Gasteiger partial charge in [-0.15, -0.1) is 48.0 Å². The molecule has 0 bridgehead atoms. The van der Waals surface area contributed by atoms with Crippen LogP contribution in [0.3, 0.4) is 0 Å². The van der Waals surface area contributed by atoms with Crippen molar-refractivity contribution in [2.75, 3.05) is 0 Å². The van der Waals surface area contributed by atoms with Crippen LogP contribution >= 0.6 is 0 Å². The van der Waals surface area contributed by atoms with E-state index in [4.69, 9.17) is 0 Å². The Morgan fingerprint density at radius 3 is 1.48 bits per heavy atom. The third kappa shape index (κ3) is 12.5. The second-order valence-corrected chi connectivity index (χ2v) is 13.9. The Bertz CT molecular complexity index is 1780. The van der Waals surface area contributed by atoms with E-state index in [-0.39, 0.29) is 50.3 Å². The van der Waals surface area contributed by atoms with Crippen LogP contribution in [-0.4, -0.2) is 10.1 Å². The van der Waals surface area contributed by atoms with Crippen molar-refractivity contribution in [2.24, 2.45) is 0 Å². The van der Waals surface area contributed by atoms with E-state index < -0.39 is 34.5 Å². The SMILES string of the molecule is CC(C)(C)c1cc(-c2cccc(-c3[c-]c(C(F)(F)F)cc(C(F)(F)F)c3)n2)c(O)c(C(C)(C)C)c1.C[CH-]c1ccccc1.C[CH-]c1ccccc1.[Ti+3]. The zero-order valence-corrected chi connectivity index (χ0v) is 32.2. The molecule has 0 fully saturated rings. The number of halogens is 6. The van der Waals surface area contributed by atoms with Crippen molar-refractivity contribution >= 4 is 0 Å². The number of rotatable bonds is 4. The zero-order chi connectivity index (χ0) is 38.2. The van der Waals surface area contributed by atoms with E-state index in [1.807, 2.05) is 104 Å². The molecule has 0 saturated heterocycles. The van der Waals surface area contributed by atoms with Crippen LogP contribution in [0.25, 0.3) is 22.5 Å². The molecule has 0 atom stereocenters. The van der Waals surface area contributed by atoms with Gasteiger partial charge in [0.2, 0.25) is 0 Å². The van der Waals surface area contributed by atoms with Gasteiger partial charge in [0.1, 0.15) is 5.75 Å². The summed E-state index contributed by atoms with van der Waals surface area (Å²) in [6, 6.07) is 31.1. The minimum absolute atomic E-state index is 0. The van der Waals surface area contributed by atoms with Gasteiger partial charge in [-0.1, -0.05) is 85.7 Å². The van der Waals surface area contributed by atoms with E-state index >= 15 is 0 Å². The number of alkyl halides is 6. The van der Waals surface area contributed by atoms with Gasteiger partial charge in [-0.25, -0.2) is 0 Å². The standard InChI is InChI=1S/C27H26F6NO.2C8H9.Ti/c1-24(2,3)16-13-19(23(35)20(14-16)25(4,5)6)22-9-7-8-21(34-22)15-10-17(26(28,29)30)12-18(11-15)27(31,32)33;2*1-2-8-6-4-3-5-7-8;/h7-10,12-14,35H,1-6H3;2*2-7H,1H3;/q3*-1;+3. The second kappa shape index (κ2) is 18.1. The van der Waals surface area contributed by atoms with Crippen molar-refractivity contribution in [1.82, 2.24) is 4.98 Å². The number of aromatic hydroxyl groups is 1. The summed E-state index contributed by atoms with van der Waals surface area (Å²) in [4.78, 5) is 4.34. The third-order valence-corrected chi connectivity index (χ3v) is 7.85. The molecule has 0 amide bonds. The van der Waals surface area contributed by atoms with E-state index in [1.165, 1.54) is 23.3 Å². The van der Waals surface area contributed by atoms with E-state index in [9.17, 15) is 31.4 Å². The molecule has 1 aromatic heterocycles. The van der Waals surface area contributed by atoms with E-state index in [0.29, 0.717) is 17.2 Å². The molecule has 0 unspecified atom stereocenters. The average Bonchev–Trinajstić information content (AvgIpc) is 3.07. The number of aromatic nitrogens is 1. The normalized spacial score (nSPS) is 11.6. The van der Waals surface area contributed by atoms with Crippen LogP contribution in [-0.2, 0) is 44.9 Å². The van der Waals surface area contributed by atoms with Gasteiger partial charge in [0.05, 0.1) is 5.69 Å². The maximum atomic E-state index is 13.3. The van der Waals surface area contributed by atoms with Crippen LogP contribution in [0.1, 0.15) is 88.8 Å². The van der Waals surface area contributed by atoms with Crippen LogP contribution in [0.5, 0.6) is 5.75 Å². The fraction of sp³-hybridized carbons (Fsp3) is 0.279. The Morgan fingerprint density at radius 1 is 0.577 bits per heavy atom. The van der Waals surface area contributed by atoms with Gasteiger partial charge in [-0.2, -0.15) is 74.6 Å². The predicted molar refractivity (Wildman–Crippen MR) is 194 cm³/mol. The zero-order valence-electron chi connectivity index (χ0n) is 30.6. The molecule has 52 heavy (non-hydrogen) atoms. The molecule has 273 valence electrons. The first-order valence-corrected chi connectivity index (χ1v) is 16.4. The molecule has 0 aliphatic heterocycles. The molecular formula is C43H44F6NOTi. The van der Waals surface area contributed by atoms with Crippen LogP contribution in [0.15, 0.2) is 103 Å². The Kier molecular flexibility index (Phi) is 15.3. The van der Waals surface area contributed by atoms with Crippen molar-refractivity contribution in [3.05, 3.63) is 155 Å². The minimum atomic E-state index is -5.02. The molecule has 5 aromatic rings. The van der Waals surface area contributed by atoms with Gasteiger partial charge in [0.25, 0.3) is 0 Å². The van der Waals surface area contributed by atoms with Crippen LogP contribution in [0.2, 0.25) is 0 Å². The maximum absolute atomic E-state index is 13.3. The van der Waals surface area contributed by atoms with Gasteiger partial charge in [0, 0.05) is 11.1 Å². The number of benzene rings is 4. The molecule has 0 saturated carbocycles. The van der Waals surface area contributed by atoms with Crippen molar-refractivity contribution in [2.45, 2.75) is 78.6 Å². The molecule has 0 spiro atoms. The molecule has 0 aliphatic carbocycles. The molecule has 4 aromatic carbocycles. The molecule has 9 heteroatoms. The summed E-state index contributed by atoms with van der Waals surface area (Å²) in [5.41, 5.74) is 0.381. The van der Waals surface area contributed by atoms with Gasteiger partial charge in [-0.05, 0) is 45.3 Å². The van der Waals surface area contributed by atoms with Crippen molar-refractivity contribution < 1.29 is 53.2 Å². The van der Waals surface area contributed by atoms with E-state index in [1.54, 1.807) is 12.1 Å². The largest absolute Gasteiger partial charge is 3.00 e. The average molecular weight is 753 g/mol. The van der Waals surface area contributed by atoms with Gasteiger partial charge >= 0.3 is 34.1 Å². The summed E-state index contributed by atoms with van der Waals surface area (Å²) in [6.45, 7) is 15.8. The molecular weight excluding hydrogens is 708 g/mol. The quantitative estimate of drug-likeness (QED) is 0.113. The number of nitrogens with zero attached hydrogens (tertiary/aromatic N) is 1. The monoisotopic (exact) mass is 752 g/mol. The minimum Gasteiger partial charge on any atom is -0.507 e. The van der Waals surface area contributed by atoms with Crippen molar-refractivity contribution in [3.63, 3.8) is 0 Å². The fourth-order valence-electron chi connectivity index (χ4n) is 4.88. The molecule has 0 aliphatic rings. The third-order valence-electron chi connectivity index (χ3n) is 7.85. The number of hydrogen-bond acceptors (Lipinski definition) is 2. The molecule has 5 rings (SSSR count). The number of hydrogen-bond donors (Lipinski definition) is 1. The predicted octanol–water partition coefficient (Wildman–Crippen LogP) is 13.1. The van der Waals surface area contributed by atoms with Gasteiger partial charge < -0.3 is 5.11 Å². The van der Waals surface area contributed by atoms with Crippen molar-refractivity contribution in [1.29, 1.82) is 0 Å². The number of pyridine rings is 1. The first-order chi connectivity index (χ1) is 23.6. The van der Waals surface area contributed by atoms with Gasteiger partial charge in [-0.3, -0.25) is 4.98 Å². The van der Waals surface area contributed by atoms with Crippen LogP contribution in [0, 0.1) is 18.9 Å². The smallest absolute Gasteiger partial charge is 0.507 e. The fourth-order valence-corrected chi connectivity index (χ4v) is 4.88. The summed E-state index contributed by atoms with van der Waals surface area (Å²) in [5.74, 6) is -0.0425. The molecule has 1 radical (unpaired) electrons. The Labute approximate surface area is 319 Å². The summed E-state index contributed by atoms with van der Waals surface area (Å²) < 4.78 is 79.9. The van der Waals surface area contributed by atoms with Crippen LogP contribution in [0.4, 0.5) is 26.3 Å². The Balaban J connectivity index is 0.000000449. The van der Waals surface area contributed by atoms with Crippen molar-refractivity contribution in [3.8, 4) is 28.3 Å². The summed E-state index contributed by atoms with van der Waals surface area (Å²) in [7, 11) is 0. The summed E-state index contributed by atoms with van der Waals surface area (Å²) in [5, 5.41) is 11.1. The number of phenols is 1. The van der Waals surface area contributed by atoms with Crippen LogP contribution < -0.4 is 0 Å². The molecule has 1 heterocycles. The van der Waals surface area contributed by atoms with E-state index in [0.717, 1.165) is 5.56 Å².